The quantitative estimate of drug-likeness (QED) is 0.204. The molecule has 234 valence electrons. The molecule has 3 aromatic carbocycles. The molecule has 9 heteroatoms. The molecule has 4 aromatic rings. The van der Waals surface area contributed by atoms with E-state index >= 15 is 0 Å². The summed E-state index contributed by atoms with van der Waals surface area (Å²) in [4.78, 5) is 24.3. The summed E-state index contributed by atoms with van der Waals surface area (Å²) in [6.45, 7) is 3.21. The van der Waals surface area contributed by atoms with E-state index in [1.54, 1.807) is 18.8 Å². The summed E-state index contributed by atoms with van der Waals surface area (Å²) in [5.74, 6) is 2.97. The summed E-state index contributed by atoms with van der Waals surface area (Å²) in [5.41, 5.74) is 2.43. The van der Waals surface area contributed by atoms with Gasteiger partial charge in [0.15, 0.2) is 5.82 Å². The van der Waals surface area contributed by atoms with E-state index in [0.717, 1.165) is 65.4 Å². The van der Waals surface area contributed by atoms with E-state index in [0.29, 0.717) is 18.8 Å². The molecule has 6 rings (SSSR count). The van der Waals surface area contributed by atoms with Crippen LogP contribution in [0.4, 0.5) is 5.82 Å². The zero-order chi connectivity index (χ0) is 31.4. The predicted octanol–water partition coefficient (Wildman–Crippen LogP) is 6.01. The Morgan fingerprint density at radius 3 is 2.11 bits per heavy atom. The Kier molecular flexibility index (Phi) is 9.00. The molecule has 45 heavy (non-hydrogen) atoms. The first-order valence-electron chi connectivity index (χ1n) is 15.4. The van der Waals surface area contributed by atoms with Crippen molar-refractivity contribution in [1.82, 2.24) is 14.5 Å². The second-order valence-electron chi connectivity index (χ2n) is 11.6. The normalized spacial score (nSPS) is 19.3. The van der Waals surface area contributed by atoms with E-state index in [2.05, 4.69) is 27.0 Å². The van der Waals surface area contributed by atoms with Crippen LogP contribution in [-0.2, 0) is 15.1 Å². The maximum Gasteiger partial charge on any atom is 0.351 e. The fraction of sp³-hybridized carbons (Fsp3) is 0.361. The second-order valence-corrected chi connectivity index (χ2v) is 11.6. The van der Waals surface area contributed by atoms with Crippen molar-refractivity contribution in [1.29, 1.82) is 0 Å². The smallest absolute Gasteiger partial charge is 0.351 e. The Labute approximate surface area is 264 Å². The monoisotopic (exact) mass is 608 g/mol. The third-order valence-electron chi connectivity index (χ3n) is 8.73. The van der Waals surface area contributed by atoms with Crippen LogP contribution in [0.5, 0.6) is 11.5 Å². The zero-order valence-corrected chi connectivity index (χ0v) is 26.3. The van der Waals surface area contributed by atoms with Crippen LogP contribution in [0, 0.1) is 6.92 Å². The van der Waals surface area contributed by atoms with Gasteiger partial charge >= 0.3 is 5.69 Å². The van der Waals surface area contributed by atoms with Gasteiger partial charge < -0.3 is 23.8 Å². The van der Waals surface area contributed by atoms with Crippen molar-refractivity contribution in [2.45, 2.75) is 50.5 Å². The van der Waals surface area contributed by atoms with Gasteiger partial charge in [0.05, 0.1) is 26.9 Å². The molecule has 0 saturated carbocycles. The van der Waals surface area contributed by atoms with Crippen molar-refractivity contribution in [3.05, 3.63) is 118 Å². The molecule has 0 N–H and O–H groups in total. The topological polar surface area (TPSA) is 87.4 Å². The van der Waals surface area contributed by atoms with E-state index in [9.17, 15) is 4.79 Å². The van der Waals surface area contributed by atoms with Crippen LogP contribution in [0.1, 0.15) is 54.2 Å². The molecule has 2 fully saturated rings. The Hall–Kier alpha value is -4.47. The van der Waals surface area contributed by atoms with Crippen molar-refractivity contribution >= 4 is 11.7 Å². The number of aliphatic imine (C=N–C) groups is 1. The number of amidine groups is 1. The molecule has 2 unspecified atom stereocenters. The molecule has 9 nitrogen and oxygen atoms in total. The minimum atomic E-state index is -0.940. The van der Waals surface area contributed by atoms with E-state index in [-0.39, 0.29) is 11.8 Å². The highest BCUT2D eigenvalue weighted by molar-refractivity contribution is 5.86. The summed E-state index contributed by atoms with van der Waals surface area (Å²) in [6, 6.07) is 26.1. The first-order valence-corrected chi connectivity index (χ1v) is 15.4. The molecule has 2 saturated heterocycles. The third-order valence-corrected chi connectivity index (χ3v) is 8.73. The molecular formula is C36H40N4O5. The number of likely N-dealkylation sites (tertiary alicyclic amines) is 1. The van der Waals surface area contributed by atoms with E-state index in [1.807, 2.05) is 86.9 Å². The van der Waals surface area contributed by atoms with E-state index in [4.69, 9.17) is 18.9 Å². The van der Waals surface area contributed by atoms with Gasteiger partial charge in [-0.25, -0.2) is 9.79 Å². The SMILES string of the molecule is COc1ccc(C(OCC2CCC(n3cc(C)c(N=C4CCCN4C)nc3=O)O2)(c2ccccc2)c2ccc(OC)cc2)cc1. The molecule has 2 atom stereocenters. The van der Waals surface area contributed by atoms with Crippen LogP contribution < -0.4 is 15.2 Å². The van der Waals surface area contributed by atoms with E-state index in [1.165, 1.54) is 0 Å². The van der Waals surface area contributed by atoms with Crippen LogP contribution in [0.15, 0.2) is 94.8 Å². The predicted molar refractivity (Wildman–Crippen MR) is 174 cm³/mol. The lowest BCUT2D eigenvalue weighted by molar-refractivity contribution is -0.0774. The Balaban J connectivity index is 1.28. The van der Waals surface area contributed by atoms with Crippen LogP contribution in [-0.4, -0.2) is 60.8 Å². The number of aryl methyl sites for hydroxylation is 1. The van der Waals surface area contributed by atoms with E-state index < -0.39 is 11.8 Å². The number of ether oxygens (including phenoxy) is 4. The molecule has 0 spiro atoms. The van der Waals surface area contributed by atoms with Crippen LogP contribution in [0.25, 0.3) is 0 Å². The standard InChI is InChI=1S/C36H40N4O5/c1-25-23-40(35(41)38-34(25)37-32-11-8-22-39(32)2)33-21-20-31(45-33)24-44-36(26-9-6-5-7-10-26,27-12-16-29(42-3)17-13-27)28-14-18-30(43-4)19-15-28/h5-7,9-10,12-19,23,31,33H,8,11,20-22,24H2,1-4H3. The number of methoxy groups -OCH3 is 2. The average molecular weight is 609 g/mol. The number of benzene rings is 3. The summed E-state index contributed by atoms with van der Waals surface area (Å²) in [5, 5.41) is 0. The number of nitrogens with zero attached hydrogens (tertiary/aromatic N) is 4. The number of hydrogen-bond donors (Lipinski definition) is 0. The highest BCUT2D eigenvalue weighted by atomic mass is 16.6. The molecular weight excluding hydrogens is 568 g/mol. The summed E-state index contributed by atoms with van der Waals surface area (Å²) >= 11 is 0. The third kappa shape index (κ3) is 6.23. The highest BCUT2D eigenvalue weighted by Crippen LogP contribution is 2.42. The second kappa shape index (κ2) is 13.3. The maximum atomic E-state index is 13.2. The minimum absolute atomic E-state index is 0.228. The summed E-state index contributed by atoms with van der Waals surface area (Å²) in [6.07, 6.45) is 4.53. The Bertz CT molecular complexity index is 1640. The fourth-order valence-corrected chi connectivity index (χ4v) is 6.24. The van der Waals surface area contributed by atoms with Crippen molar-refractivity contribution < 1.29 is 18.9 Å². The van der Waals surface area contributed by atoms with Crippen molar-refractivity contribution in [3.8, 4) is 11.5 Å². The zero-order valence-electron chi connectivity index (χ0n) is 26.3. The molecule has 1 aromatic heterocycles. The fourth-order valence-electron chi connectivity index (χ4n) is 6.24. The molecule has 2 aliphatic heterocycles. The molecule has 2 aliphatic rings. The first kappa shape index (κ1) is 30.6. The van der Waals surface area contributed by atoms with Gasteiger partial charge in [-0.1, -0.05) is 54.6 Å². The van der Waals surface area contributed by atoms with Gasteiger partial charge in [0, 0.05) is 31.8 Å². The molecule has 0 radical (unpaired) electrons. The van der Waals surface area contributed by atoms with Crippen molar-refractivity contribution in [2.24, 2.45) is 4.99 Å². The van der Waals surface area contributed by atoms with Gasteiger partial charge in [-0.15, -0.1) is 0 Å². The number of aromatic nitrogens is 2. The number of hydrogen-bond acceptors (Lipinski definition) is 7. The maximum absolute atomic E-state index is 13.2. The van der Waals surface area contributed by atoms with Crippen molar-refractivity contribution in [3.63, 3.8) is 0 Å². The minimum Gasteiger partial charge on any atom is -0.497 e. The van der Waals surface area contributed by atoms with Gasteiger partial charge in [0.1, 0.15) is 29.2 Å². The molecule has 0 amide bonds. The largest absolute Gasteiger partial charge is 0.497 e. The van der Waals surface area contributed by atoms with Crippen molar-refractivity contribution in [2.75, 3.05) is 34.4 Å². The highest BCUT2D eigenvalue weighted by Gasteiger charge is 2.40. The average Bonchev–Trinajstić information content (AvgIpc) is 3.72. The van der Waals surface area contributed by atoms with Crippen LogP contribution >= 0.6 is 0 Å². The van der Waals surface area contributed by atoms with Gasteiger partial charge in [0.25, 0.3) is 0 Å². The lowest BCUT2D eigenvalue weighted by Crippen LogP contribution is -2.36. The van der Waals surface area contributed by atoms with Gasteiger partial charge in [-0.2, -0.15) is 4.98 Å². The van der Waals surface area contributed by atoms with Gasteiger partial charge in [0.2, 0.25) is 0 Å². The Morgan fingerprint density at radius 1 is 0.911 bits per heavy atom. The Morgan fingerprint density at radius 2 is 1.53 bits per heavy atom. The lowest BCUT2D eigenvalue weighted by Gasteiger charge is -2.37. The van der Waals surface area contributed by atoms with Crippen LogP contribution in [0.2, 0.25) is 0 Å². The van der Waals surface area contributed by atoms with Gasteiger partial charge in [-0.05, 0) is 67.1 Å². The molecule has 3 heterocycles. The van der Waals surface area contributed by atoms with Gasteiger partial charge in [-0.3, -0.25) is 4.57 Å². The molecule has 0 aliphatic carbocycles. The van der Waals surface area contributed by atoms with Crippen LogP contribution in [0.3, 0.4) is 0 Å². The molecule has 0 bridgehead atoms. The summed E-state index contributed by atoms with van der Waals surface area (Å²) in [7, 11) is 5.34. The lowest BCUT2D eigenvalue weighted by atomic mass is 9.80. The number of rotatable bonds is 10. The summed E-state index contributed by atoms with van der Waals surface area (Å²) < 4.78 is 26.0. The first-order chi connectivity index (χ1) is 21.9.